The minimum absolute atomic E-state index is 0.274. The first-order valence-electron chi connectivity index (χ1n) is 6.32. The van der Waals surface area contributed by atoms with Crippen molar-refractivity contribution in [3.63, 3.8) is 0 Å². The quantitative estimate of drug-likeness (QED) is 0.634. The maximum absolute atomic E-state index is 7.37. The van der Waals surface area contributed by atoms with Gasteiger partial charge in [0.15, 0.2) is 0 Å². The van der Waals surface area contributed by atoms with Gasteiger partial charge in [0.25, 0.3) is 0 Å². The van der Waals surface area contributed by atoms with E-state index in [-0.39, 0.29) is 5.84 Å². The molecule has 0 amide bonds. The summed E-state index contributed by atoms with van der Waals surface area (Å²) in [5.41, 5.74) is 6.94. The van der Waals surface area contributed by atoms with Crippen molar-refractivity contribution in [1.82, 2.24) is 4.90 Å². The number of hydrogen-bond acceptors (Lipinski definition) is 3. The molecule has 3 N–H and O–H groups in total. The molecule has 0 aliphatic carbocycles. The Balaban J connectivity index is 1.97. The zero-order valence-corrected chi connectivity index (χ0v) is 11.8. The van der Waals surface area contributed by atoms with Gasteiger partial charge in [-0.15, -0.1) is 11.8 Å². The Morgan fingerprint density at radius 3 is 3.00 bits per heavy atom. The number of thioether (sulfide) groups is 1. The van der Waals surface area contributed by atoms with Crippen molar-refractivity contribution in [3.8, 4) is 0 Å². The molecule has 0 aromatic heterocycles. The van der Waals surface area contributed by atoms with Gasteiger partial charge in [0.2, 0.25) is 0 Å². The van der Waals surface area contributed by atoms with Gasteiger partial charge in [0, 0.05) is 35.6 Å². The van der Waals surface area contributed by atoms with Crippen molar-refractivity contribution >= 4 is 17.6 Å². The Morgan fingerprint density at radius 1 is 1.56 bits per heavy atom. The molecule has 18 heavy (non-hydrogen) atoms. The monoisotopic (exact) mass is 263 g/mol. The first kappa shape index (κ1) is 13.4. The summed E-state index contributed by atoms with van der Waals surface area (Å²) in [6, 6.07) is 9.01. The van der Waals surface area contributed by atoms with Crippen molar-refractivity contribution in [1.29, 1.82) is 5.41 Å². The molecule has 0 bridgehead atoms. The molecule has 0 fully saturated rings. The van der Waals surface area contributed by atoms with Crippen LogP contribution in [0.25, 0.3) is 0 Å². The summed E-state index contributed by atoms with van der Waals surface area (Å²) in [6.45, 7) is 3.17. The minimum Gasteiger partial charge on any atom is -0.388 e. The molecule has 0 saturated heterocycles. The molecule has 1 aromatic rings. The van der Waals surface area contributed by atoms with E-state index in [9.17, 15) is 0 Å². The van der Waals surface area contributed by atoms with E-state index in [1.807, 2.05) is 11.8 Å². The number of fused-ring (bicyclic) bond motifs is 1. The molecule has 2 rings (SSSR count). The summed E-state index contributed by atoms with van der Waals surface area (Å²) >= 11 is 1.95. The van der Waals surface area contributed by atoms with Crippen molar-refractivity contribution in [3.05, 3.63) is 29.8 Å². The van der Waals surface area contributed by atoms with E-state index >= 15 is 0 Å². The van der Waals surface area contributed by atoms with Gasteiger partial charge in [-0.2, -0.15) is 0 Å². The molecular weight excluding hydrogens is 242 g/mol. The number of hydrogen-bond donors (Lipinski definition) is 2. The first-order valence-corrected chi connectivity index (χ1v) is 7.31. The first-order chi connectivity index (χ1) is 8.58. The number of nitrogens with two attached hydrogens (primary N) is 1. The van der Waals surface area contributed by atoms with Crippen LogP contribution in [0.4, 0.5) is 0 Å². The highest BCUT2D eigenvalue weighted by atomic mass is 32.2. The lowest BCUT2D eigenvalue weighted by Gasteiger charge is -2.27. The zero-order chi connectivity index (χ0) is 13.1. The third-order valence-electron chi connectivity index (χ3n) is 3.57. The summed E-state index contributed by atoms with van der Waals surface area (Å²) in [4.78, 5) is 3.74. The lowest BCUT2D eigenvalue weighted by molar-refractivity contribution is 0.252. The Hall–Kier alpha value is -1.00. The molecule has 0 spiro atoms. The highest BCUT2D eigenvalue weighted by Gasteiger charge is 2.25. The second-order valence-electron chi connectivity index (χ2n) is 5.06. The SMILES string of the molecule is CC(CC(=N)N)N(C)CC1CSc2ccccc21. The molecule has 1 aromatic carbocycles. The molecule has 1 aliphatic rings. The maximum Gasteiger partial charge on any atom is 0.0920 e. The number of likely N-dealkylation sites (N-methyl/N-ethyl adjacent to an activating group) is 1. The third kappa shape index (κ3) is 3.06. The van der Waals surface area contributed by atoms with Crippen LogP contribution >= 0.6 is 11.8 Å². The van der Waals surface area contributed by atoms with Crippen LogP contribution in [0.5, 0.6) is 0 Å². The smallest absolute Gasteiger partial charge is 0.0920 e. The average molecular weight is 263 g/mol. The molecule has 1 heterocycles. The van der Waals surface area contributed by atoms with Gasteiger partial charge in [-0.1, -0.05) is 18.2 Å². The lowest BCUT2D eigenvalue weighted by atomic mass is 10.00. The number of rotatable bonds is 5. The zero-order valence-electron chi connectivity index (χ0n) is 11.0. The topological polar surface area (TPSA) is 53.1 Å². The van der Waals surface area contributed by atoms with E-state index in [2.05, 4.69) is 43.1 Å². The van der Waals surface area contributed by atoms with Gasteiger partial charge >= 0.3 is 0 Å². The van der Waals surface area contributed by atoms with Crippen LogP contribution in [0, 0.1) is 5.41 Å². The molecular formula is C14H21N3S. The molecule has 3 nitrogen and oxygen atoms in total. The second-order valence-corrected chi connectivity index (χ2v) is 6.13. The Labute approximate surface area is 113 Å². The van der Waals surface area contributed by atoms with Crippen LogP contribution in [0.2, 0.25) is 0 Å². The summed E-state index contributed by atoms with van der Waals surface area (Å²) in [6.07, 6.45) is 0.651. The van der Waals surface area contributed by atoms with Crippen LogP contribution in [0.3, 0.4) is 0 Å². The normalized spacial score (nSPS) is 19.8. The highest BCUT2D eigenvalue weighted by Crippen LogP contribution is 2.39. The number of nitrogens with one attached hydrogen (secondary N) is 1. The van der Waals surface area contributed by atoms with Crippen molar-refractivity contribution in [2.45, 2.75) is 30.2 Å². The fourth-order valence-electron chi connectivity index (χ4n) is 2.38. The Bertz CT molecular complexity index is 433. The van der Waals surface area contributed by atoms with Gasteiger partial charge in [-0.05, 0) is 25.6 Å². The van der Waals surface area contributed by atoms with E-state index in [0.717, 1.165) is 12.3 Å². The highest BCUT2D eigenvalue weighted by molar-refractivity contribution is 7.99. The van der Waals surface area contributed by atoms with E-state index in [1.165, 1.54) is 10.5 Å². The Morgan fingerprint density at radius 2 is 2.28 bits per heavy atom. The Kier molecular flexibility index (Phi) is 4.30. The van der Waals surface area contributed by atoms with Crippen molar-refractivity contribution in [2.24, 2.45) is 5.73 Å². The average Bonchev–Trinajstić information content (AvgIpc) is 2.72. The van der Waals surface area contributed by atoms with Crippen molar-refractivity contribution < 1.29 is 0 Å². The molecule has 2 unspecified atom stereocenters. The van der Waals surface area contributed by atoms with Gasteiger partial charge in [0.1, 0.15) is 0 Å². The van der Waals surface area contributed by atoms with Crippen LogP contribution in [0.15, 0.2) is 29.2 Å². The van der Waals surface area contributed by atoms with Crippen LogP contribution < -0.4 is 5.73 Å². The molecule has 4 heteroatoms. The summed E-state index contributed by atoms with van der Waals surface area (Å²) < 4.78 is 0. The molecule has 98 valence electrons. The predicted molar refractivity (Wildman–Crippen MR) is 78.5 cm³/mol. The second kappa shape index (κ2) is 5.76. The van der Waals surface area contributed by atoms with Gasteiger partial charge in [-0.3, -0.25) is 5.41 Å². The van der Waals surface area contributed by atoms with Crippen LogP contribution in [-0.4, -0.2) is 36.1 Å². The van der Waals surface area contributed by atoms with E-state index in [4.69, 9.17) is 11.1 Å². The predicted octanol–water partition coefficient (Wildman–Crippen LogP) is 2.52. The third-order valence-corrected chi connectivity index (χ3v) is 4.83. The fourth-order valence-corrected chi connectivity index (χ4v) is 3.62. The minimum atomic E-state index is 0.274. The summed E-state index contributed by atoms with van der Waals surface area (Å²) in [5.74, 6) is 2.04. The van der Waals surface area contributed by atoms with Gasteiger partial charge in [0.05, 0.1) is 5.84 Å². The molecule has 1 aliphatic heterocycles. The van der Waals surface area contributed by atoms with Crippen molar-refractivity contribution in [2.75, 3.05) is 19.3 Å². The molecule has 0 radical (unpaired) electrons. The fraction of sp³-hybridized carbons (Fsp3) is 0.500. The standard InChI is InChI=1S/C14H21N3S/c1-10(7-14(15)16)17(2)8-11-9-18-13-6-4-3-5-12(11)13/h3-6,10-11H,7-9H2,1-2H3,(H3,15,16). The summed E-state index contributed by atoms with van der Waals surface area (Å²) in [7, 11) is 2.12. The number of amidine groups is 1. The largest absolute Gasteiger partial charge is 0.388 e. The van der Waals surface area contributed by atoms with E-state index < -0.39 is 0 Å². The molecule has 2 atom stereocenters. The van der Waals surface area contributed by atoms with Crippen LogP contribution in [0.1, 0.15) is 24.8 Å². The van der Waals surface area contributed by atoms with Crippen LogP contribution in [-0.2, 0) is 0 Å². The lowest BCUT2D eigenvalue weighted by Crippen LogP contribution is -2.35. The van der Waals surface area contributed by atoms with E-state index in [1.54, 1.807) is 0 Å². The van der Waals surface area contributed by atoms with Gasteiger partial charge in [-0.25, -0.2) is 0 Å². The number of nitrogens with zero attached hydrogens (tertiary/aromatic N) is 1. The molecule has 0 saturated carbocycles. The van der Waals surface area contributed by atoms with E-state index in [0.29, 0.717) is 18.4 Å². The summed E-state index contributed by atoms with van der Waals surface area (Å²) in [5, 5.41) is 7.37. The maximum atomic E-state index is 7.37. The number of benzene rings is 1. The van der Waals surface area contributed by atoms with Gasteiger partial charge < -0.3 is 10.6 Å².